The zero-order chi connectivity index (χ0) is 31.2. The molecule has 6 aromatic rings. The first-order valence-corrected chi connectivity index (χ1v) is 23.0. The Hall–Kier alpha value is -3.17. The summed E-state index contributed by atoms with van der Waals surface area (Å²) in [7, 11) is -1.75. The molecule has 0 nitrogen and oxygen atoms in total. The molecule has 0 aliphatic heterocycles. The maximum Gasteiger partial charge on any atom is 0.0490 e. The summed E-state index contributed by atoms with van der Waals surface area (Å²) in [6.45, 7) is 0. The third-order valence-corrected chi connectivity index (χ3v) is 20.1. The predicted molar refractivity (Wildman–Crippen MR) is 212 cm³/mol. The van der Waals surface area contributed by atoms with Crippen molar-refractivity contribution in [2.45, 2.75) is 18.1 Å². The van der Waals surface area contributed by atoms with Crippen LogP contribution in [0.4, 0.5) is 0 Å². The van der Waals surface area contributed by atoms with Gasteiger partial charge in [0.15, 0.2) is 0 Å². The lowest BCUT2D eigenvalue weighted by Crippen LogP contribution is -2.24. The van der Waals surface area contributed by atoms with E-state index >= 15 is 0 Å². The molecule has 0 aromatic heterocycles. The van der Waals surface area contributed by atoms with Gasteiger partial charge in [-0.15, -0.1) is 0 Å². The van der Waals surface area contributed by atoms with E-state index in [0.717, 1.165) is 0 Å². The molecule has 6 aromatic carbocycles. The van der Waals surface area contributed by atoms with Crippen LogP contribution in [0.5, 0.6) is 0 Å². The zero-order valence-electron chi connectivity index (χ0n) is 26.4. The predicted octanol–water partition coefficient (Wildman–Crippen LogP) is 8.88. The number of rotatable bonds is 15. The standard InChI is InChI=1S/C42H42P3Si/c1-7-19-37(20-8-1)43(38-21-9-2-10-22-38)31-34-46(35-32-44(39-23-11-3-12-24-39)40-25-13-4-14-26-40)36-33-45(41-27-15-5-16-28-41)42-29-17-6-18-30-42/h1-30H,31-36H2. The highest BCUT2D eigenvalue weighted by molar-refractivity contribution is 7.74. The van der Waals surface area contributed by atoms with Crippen LogP contribution in [0.1, 0.15) is 0 Å². The topological polar surface area (TPSA) is 0 Å². The van der Waals surface area contributed by atoms with E-state index in [9.17, 15) is 0 Å². The second kappa shape index (κ2) is 17.7. The zero-order valence-corrected chi connectivity index (χ0v) is 30.1. The molecule has 0 atom stereocenters. The Morgan fingerprint density at radius 3 is 0.609 bits per heavy atom. The fourth-order valence-corrected chi connectivity index (χ4v) is 18.9. The summed E-state index contributed by atoms with van der Waals surface area (Å²) in [6.07, 6.45) is 3.84. The maximum absolute atomic E-state index is 2.36. The molecule has 0 unspecified atom stereocenters. The van der Waals surface area contributed by atoms with E-state index in [-0.39, 0.29) is 23.8 Å². The molecule has 229 valence electrons. The number of hydrogen-bond donors (Lipinski definition) is 0. The molecule has 0 spiro atoms. The highest BCUT2D eigenvalue weighted by Gasteiger charge is 2.23. The minimum atomic E-state index is -0.623. The first kappa shape index (κ1) is 32.8. The van der Waals surface area contributed by atoms with Gasteiger partial charge in [-0.05, 0) is 74.1 Å². The molecular weight excluding hydrogens is 625 g/mol. The minimum Gasteiger partial charge on any atom is -0.0622 e. The van der Waals surface area contributed by atoms with Crippen molar-refractivity contribution >= 4 is 64.4 Å². The van der Waals surface area contributed by atoms with Crippen LogP contribution < -0.4 is 31.8 Å². The Bertz CT molecular complexity index is 1360. The SMILES string of the molecule is c1ccc(P(CC[Si](CCP(c2ccccc2)c2ccccc2)CCP(c2ccccc2)c2ccccc2)c2ccccc2)cc1. The van der Waals surface area contributed by atoms with Gasteiger partial charge in [-0.3, -0.25) is 0 Å². The van der Waals surface area contributed by atoms with Gasteiger partial charge in [0, 0.05) is 8.80 Å². The summed E-state index contributed by atoms with van der Waals surface area (Å²) < 4.78 is 0. The van der Waals surface area contributed by atoms with Gasteiger partial charge in [0.25, 0.3) is 0 Å². The third kappa shape index (κ3) is 9.22. The molecule has 46 heavy (non-hydrogen) atoms. The van der Waals surface area contributed by atoms with Gasteiger partial charge in [-0.1, -0.05) is 200 Å². The first-order valence-electron chi connectivity index (χ1n) is 16.3. The molecule has 0 aliphatic rings. The first-order chi connectivity index (χ1) is 22.8. The summed E-state index contributed by atoms with van der Waals surface area (Å²) in [5.41, 5.74) is 0. The molecule has 0 bridgehead atoms. The largest absolute Gasteiger partial charge is 0.0622 e. The van der Waals surface area contributed by atoms with Crippen molar-refractivity contribution in [3.05, 3.63) is 182 Å². The Labute approximate surface area is 281 Å². The fourth-order valence-electron chi connectivity index (χ4n) is 6.05. The summed E-state index contributed by atoms with van der Waals surface area (Å²) in [5.74, 6) is 0. The Balaban J connectivity index is 1.27. The van der Waals surface area contributed by atoms with Crippen molar-refractivity contribution in [2.75, 3.05) is 18.5 Å². The van der Waals surface area contributed by atoms with Crippen LogP contribution in [0, 0.1) is 0 Å². The van der Waals surface area contributed by atoms with Gasteiger partial charge in [0.1, 0.15) is 0 Å². The van der Waals surface area contributed by atoms with Gasteiger partial charge in [-0.25, -0.2) is 0 Å². The Morgan fingerprint density at radius 1 is 0.261 bits per heavy atom. The van der Waals surface area contributed by atoms with Gasteiger partial charge < -0.3 is 0 Å². The number of hydrogen-bond acceptors (Lipinski definition) is 0. The normalized spacial score (nSPS) is 11.5. The molecule has 0 aliphatic carbocycles. The van der Waals surface area contributed by atoms with E-state index in [1.807, 2.05) is 0 Å². The summed E-state index contributed by atoms with van der Waals surface area (Å²) in [5, 5.41) is 9.06. The molecule has 0 saturated heterocycles. The van der Waals surface area contributed by atoms with Crippen molar-refractivity contribution in [3.8, 4) is 0 Å². The molecule has 0 saturated carbocycles. The van der Waals surface area contributed by atoms with E-state index in [4.69, 9.17) is 0 Å². The van der Waals surface area contributed by atoms with E-state index < -0.39 is 8.80 Å². The van der Waals surface area contributed by atoms with E-state index in [2.05, 4.69) is 182 Å². The van der Waals surface area contributed by atoms with Crippen LogP contribution in [-0.4, -0.2) is 27.3 Å². The van der Waals surface area contributed by atoms with E-state index in [0.29, 0.717) is 0 Å². The van der Waals surface area contributed by atoms with Gasteiger partial charge in [0.05, 0.1) is 0 Å². The third-order valence-electron chi connectivity index (χ3n) is 8.47. The summed E-state index contributed by atoms with van der Waals surface area (Å²) in [6, 6.07) is 72.0. The minimum absolute atomic E-state index is 0.375. The molecular formula is C42H42P3Si. The lowest BCUT2D eigenvalue weighted by atomic mass is 10.4. The van der Waals surface area contributed by atoms with Crippen molar-refractivity contribution in [1.82, 2.24) is 0 Å². The quantitative estimate of drug-likeness (QED) is 0.0759. The second-order valence-corrected chi connectivity index (χ2v) is 21.5. The molecule has 0 amide bonds. The summed E-state index contributed by atoms with van der Waals surface area (Å²) in [4.78, 5) is 0. The van der Waals surface area contributed by atoms with E-state index in [1.54, 1.807) is 0 Å². The van der Waals surface area contributed by atoms with Crippen molar-refractivity contribution in [3.63, 3.8) is 0 Å². The maximum atomic E-state index is 2.36. The van der Waals surface area contributed by atoms with Crippen molar-refractivity contribution < 1.29 is 0 Å². The van der Waals surface area contributed by atoms with Gasteiger partial charge >= 0.3 is 0 Å². The van der Waals surface area contributed by atoms with Crippen molar-refractivity contribution in [2.24, 2.45) is 0 Å². The summed E-state index contributed by atoms with van der Waals surface area (Å²) >= 11 is 0. The monoisotopic (exact) mass is 667 g/mol. The van der Waals surface area contributed by atoms with Crippen LogP contribution in [-0.2, 0) is 0 Å². The smallest absolute Gasteiger partial charge is 0.0490 e. The lowest BCUT2D eigenvalue weighted by Gasteiger charge is -2.26. The highest BCUT2D eigenvalue weighted by Crippen LogP contribution is 2.40. The highest BCUT2D eigenvalue weighted by atomic mass is 31.1. The molecule has 0 fully saturated rings. The van der Waals surface area contributed by atoms with Crippen LogP contribution in [0.2, 0.25) is 18.1 Å². The second-order valence-electron chi connectivity index (χ2n) is 11.5. The van der Waals surface area contributed by atoms with E-state index in [1.165, 1.54) is 68.4 Å². The van der Waals surface area contributed by atoms with Gasteiger partial charge in [0.2, 0.25) is 0 Å². The van der Waals surface area contributed by atoms with Crippen LogP contribution in [0.25, 0.3) is 0 Å². The average molecular weight is 668 g/mol. The fraction of sp³-hybridized carbons (Fsp3) is 0.143. The lowest BCUT2D eigenvalue weighted by molar-refractivity contribution is 1.25. The molecule has 4 heteroatoms. The Kier molecular flexibility index (Phi) is 12.6. The molecule has 1 radical (unpaired) electrons. The van der Waals surface area contributed by atoms with Crippen LogP contribution in [0.3, 0.4) is 0 Å². The van der Waals surface area contributed by atoms with Crippen LogP contribution in [0.15, 0.2) is 182 Å². The molecule has 0 N–H and O–H groups in total. The molecule has 0 heterocycles. The van der Waals surface area contributed by atoms with Crippen molar-refractivity contribution in [1.29, 1.82) is 0 Å². The molecule has 6 rings (SSSR count). The average Bonchev–Trinajstić information content (AvgIpc) is 3.14. The van der Waals surface area contributed by atoms with Crippen LogP contribution >= 0.6 is 23.8 Å². The Morgan fingerprint density at radius 2 is 0.435 bits per heavy atom. The number of benzene rings is 6. The van der Waals surface area contributed by atoms with Gasteiger partial charge in [-0.2, -0.15) is 0 Å².